The Labute approximate surface area is 86.0 Å². The Balaban J connectivity index is 2.05. The molecule has 0 spiro atoms. The largest absolute Gasteiger partial charge is 0.349 e. The predicted molar refractivity (Wildman–Crippen MR) is 56.2 cm³/mol. The van der Waals surface area contributed by atoms with Crippen LogP contribution in [-0.4, -0.2) is 50.6 Å². The summed E-state index contributed by atoms with van der Waals surface area (Å²) in [6.45, 7) is 2.74. The van der Waals surface area contributed by atoms with Gasteiger partial charge in [-0.05, 0) is 12.8 Å². The van der Waals surface area contributed by atoms with E-state index in [4.69, 9.17) is 0 Å². The van der Waals surface area contributed by atoms with Crippen molar-refractivity contribution in [1.29, 1.82) is 0 Å². The van der Waals surface area contributed by atoms with Crippen molar-refractivity contribution in [3.05, 3.63) is 0 Å². The van der Waals surface area contributed by atoms with Crippen molar-refractivity contribution in [2.45, 2.75) is 25.3 Å². The summed E-state index contributed by atoms with van der Waals surface area (Å²) in [6.07, 6.45) is 2.84. The van der Waals surface area contributed by atoms with E-state index in [0.717, 1.165) is 32.5 Å². The third-order valence-electron chi connectivity index (χ3n) is 2.54. The molecule has 0 bridgehead atoms. The van der Waals surface area contributed by atoms with Gasteiger partial charge in [0.15, 0.2) is 0 Å². The van der Waals surface area contributed by atoms with Crippen LogP contribution >= 0.6 is 0 Å². The molecule has 1 amide bonds. The van der Waals surface area contributed by atoms with Crippen LogP contribution in [0.2, 0.25) is 0 Å². The second kappa shape index (κ2) is 5.98. The van der Waals surface area contributed by atoms with Crippen LogP contribution in [0.15, 0.2) is 0 Å². The second-order valence-corrected chi connectivity index (χ2v) is 3.94. The number of hydrogen-bond donors (Lipinski definition) is 1. The van der Waals surface area contributed by atoms with Gasteiger partial charge in [0.25, 0.3) is 0 Å². The fraction of sp³-hybridized carbons (Fsp3) is 0.900. The van der Waals surface area contributed by atoms with Crippen LogP contribution in [0.4, 0.5) is 0 Å². The summed E-state index contributed by atoms with van der Waals surface area (Å²) in [4.78, 5) is 12.9. The molecular weight excluding hydrogens is 178 g/mol. The Kier molecular flexibility index (Phi) is 4.90. The first-order valence-electron chi connectivity index (χ1n) is 5.27. The Morgan fingerprint density at radius 2 is 2.07 bits per heavy atom. The molecule has 0 aliphatic carbocycles. The molecule has 0 unspecified atom stereocenters. The molecular formula is C10H20N3O. The molecule has 0 aromatic rings. The van der Waals surface area contributed by atoms with E-state index in [1.807, 2.05) is 0 Å². The smallest absolute Gasteiger partial charge is 0.223 e. The van der Waals surface area contributed by atoms with Crippen LogP contribution in [0.25, 0.3) is 0 Å². The Morgan fingerprint density at radius 1 is 1.43 bits per heavy atom. The topological polar surface area (TPSA) is 46.4 Å². The quantitative estimate of drug-likeness (QED) is 0.681. The molecule has 1 fully saturated rings. The fourth-order valence-corrected chi connectivity index (χ4v) is 1.56. The molecule has 1 heterocycles. The third kappa shape index (κ3) is 4.07. The van der Waals surface area contributed by atoms with E-state index in [1.165, 1.54) is 0 Å². The maximum Gasteiger partial charge on any atom is 0.223 e. The average Bonchev–Trinajstić information content (AvgIpc) is 2.19. The van der Waals surface area contributed by atoms with Crippen LogP contribution in [0, 0.1) is 0 Å². The van der Waals surface area contributed by atoms with Gasteiger partial charge in [0.2, 0.25) is 5.91 Å². The maximum atomic E-state index is 11.3. The standard InChI is InChI=1S/C10H20N3O/c1-13(2)10(14)5-8-12-9-3-6-11-7-4-9/h9,12H,3-8H2,1-2H3. The maximum absolute atomic E-state index is 11.3. The first-order valence-corrected chi connectivity index (χ1v) is 5.27. The molecule has 1 radical (unpaired) electrons. The van der Waals surface area contributed by atoms with Crippen molar-refractivity contribution < 1.29 is 4.79 Å². The molecule has 4 nitrogen and oxygen atoms in total. The Hall–Kier alpha value is -0.610. The van der Waals surface area contributed by atoms with Crippen LogP contribution < -0.4 is 10.6 Å². The molecule has 1 aliphatic rings. The number of amides is 1. The van der Waals surface area contributed by atoms with Gasteiger partial charge < -0.3 is 10.2 Å². The summed E-state index contributed by atoms with van der Waals surface area (Å²) < 4.78 is 0. The van der Waals surface area contributed by atoms with E-state index in [0.29, 0.717) is 12.5 Å². The van der Waals surface area contributed by atoms with Crippen LogP contribution in [0.1, 0.15) is 19.3 Å². The number of piperidine rings is 1. The van der Waals surface area contributed by atoms with Gasteiger partial charge in [-0.25, -0.2) is 5.32 Å². The number of carbonyl (C=O) groups excluding carboxylic acids is 1. The molecule has 0 aromatic carbocycles. The predicted octanol–water partition coefficient (Wildman–Crippen LogP) is -0.179. The van der Waals surface area contributed by atoms with Gasteiger partial charge in [-0.2, -0.15) is 0 Å². The molecule has 0 saturated carbocycles. The highest BCUT2D eigenvalue weighted by molar-refractivity contribution is 5.75. The molecule has 4 heteroatoms. The van der Waals surface area contributed by atoms with Crippen molar-refractivity contribution in [2.24, 2.45) is 0 Å². The van der Waals surface area contributed by atoms with Crippen molar-refractivity contribution in [2.75, 3.05) is 33.7 Å². The zero-order chi connectivity index (χ0) is 10.4. The Morgan fingerprint density at radius 3 is 2.64 bits per heavy atom. The normalized spacial score (nSPS) is 18.1. The van der Waals surface area contributed by atoms with Gasteiger partial charge in [0, 0.05) is 46.2 Å². The van der Waals surface area contributed by atoms with E-state index < -0.39 is 0 Å². The van der Waals surface area contributed by atoms with Gasteiger partial charge in [-0.1, -0.05) is 0 Å². The van der Waals surface area contributed by atoms with Crippen LogP contribution in [0.5, 0.6) is 0 Å². The molecule has 1 rings (SSSR count). The van der Waals surface area contributed by atoms with Crippen LogP contribution in [0.3, 0.4) is 0 Å². The lowest BCUT2D eigenvalue weighted by atomic mass is 10.1. The monoisotopic (exact) mass is 198 g/mol. The zero-order valence-electron chi connectivity index (χ0n) is 9.12. The summed E-state index contributed by atoms with van der Waals surface area (Å²) in [7, 11) is 3.59. The molecule has 0 atom stereocenters. The summed E-state index contributed by atoms with van der Waals surface area (Å²) in [6, 6.07) is 0.572. The SMILES string of the molecule is CN(C)C(=O)CCNC1CC[N]CC1. The highest BCUT2D eigenvalue weighted by Gasteiger charge is 2.13. The van der Waals surface area contributed by atoms with Gasteiger partial charge in [-0.3, -0.25) is 4.79 Å². The number of carbonyl (C=O) groups is 1. The van der Waals surface area contributed by atoms with Gasteiger partial charge in [-0.15, -0.1) is 0 Å². The minimum absolute atomic E-state index is 0.193. The van der Waals surface area contributed by atoms with E-state index in [1.54, 1.807) is 19.0 Å². The first-order chi connectivity index (χ1) is 6.70. The fourth-order valence-electron chi connectivity index (χ4n) is 1.56. The third-order valence-corrected chi connectivity index (χ3v) is 2.54. The van der Waals surface area contributed by atoms with Gasteiger partial charge >= 0.3 is 0 Å². The minimum atomic E-state index is 0.193. The molecule has 1 saturated heterocycles. The van der Waals surface area contributed by atoms with Crippen molar-refractivity contribution in [3.8, 4) is 0 Å². The van der Waals surface area contributed by atoms with Crippen molar-refractivity contribution in [3.63, 3.8) is 0 Å². The van der Waals surface area contributed by atoms with Gasteiger partial charge in [0.05, 0.1) is 0 Å². The minimum Gasteiger partial charge on any atom is -0.349 e. The van der Waals surface area contributed by atoms with Crippen molar-refractivity contribution in [1.82, 2.24) is 15.5 Å². The number of nitrogens with one attached hydrogen (secondary N) is 1. The summed E-state index contributed by atoms with van der Waals surface area (Å²) in [5.41, 5.74) is 0. The number of nitrogens with zero attached hydrogens (tertiary/aromatic N) is 2. The van der Waals surface area contributed by atoms with Gasteiger partial charge in [0.1, 0.15) is 0 Å². The molecule has 0 aromatic heterocycles. The summed E-state index contributed by atoms with van der Waals surface area (Å²) >= 11 is 0. The number of hydrogen-bond acceptors (Lipinski definition) is 2. The molecule has 1 aliphatic heterocycles. The second-order valence-electron chi connectivity index (χ2n) is 3.94. The summed E-state index contributed by atoms with van der Waals surface area (Å²) in [5, 5.41) is 7.68. The van der Waals surface area contributed by atoms with Crippen molar-refractivity contribution >= 4 is 5.91 Å². The van der Waals surface area contributed by atoms with E-state index in [9.17, 15) is 4.79 Å². The molecule has 14 heavy (non-hydrogen) atoms. The molecule has 1 N–H and O–H groups in total. The van der Waals surface area contributed by atoms with Crippen LogP contribution in [-0.2, 0) is 4.79 Å². The van der Waals surface area contributed by atoms with E-state index in [-0.39, 0.29) is 5.91 Å². The highest BCUT2D eigenvalue weighted by atomic mass is 16.2. The lowest BCUT2D eigenvalue weighted by molar-refractivity contribution is -0.128. The van der Waals surface area contributed by atoms with E-state index >= 15 is 0 Å². The summed E-state index contributed by atoms with van der Waals surface area (Å²) in [5.74, 6) is 0.193. The first kappa shape index (κ1) is 11.5. The molecule has 81 valence electrons. The number of rotatable bonds is 4. The Bertz CT molecular complexity index is 176. The lowest BCUT2D eigenvalue weighted by Gasteiger charge is -2.22. The lowest BCUT2D eigenvalue weighted by Crippen LogP contribution is -2.39. The zero-order valence-corrected chi connectivity index (χ0v) is 9.12. The average molecular weight is 198 g/mol. The highest BCUT2D eigenvalue weighted by Crippen LogP contribution is 2.02. The van der Waals surface area contributed by atoms with E-state index in [2.05, 4.69) is 10.6 Å².